The van der Waals surface area contributed by atoms with Crippen molar-refractivity contribution in [2.24, 2.45) is 5.92 Å². The molecule has 0 saturated heterocycles. The maximum atomic E-state index is 12.9. The summed E-state index contributed by atoms with van der Waals surface area (Å²) in [5.41, 5.74) is 0.774. The lowest BCUT2D eigenvalue weighted by molar-refractivity contribution is 0.467. The standard InChI is InChI=1S/C12H18FNO/c1-9(2)3-4-14-8-10-5-11(13)7-12(15)6-10/h5-7,9,14-15H,3-4,8H2,1-2H3. The summed E-state index contributed by atoms with van der Waals surface area (Å²) in [6.45, 7) is 5.83. The van der Waals surface area contributed by atoms with E-state index in [1.807, 2.05) is 0 Å². The van der Waals surface area contributed by atoms with E-state index in [9.17, 15) is 9.50 Å². The van der Waals surface area contributed by atoms with Gasteiger partial charge in [-0.3, -0.25) is 0 Å². The number of nitrogens with one attached hydrogen (secondary N) is 1. The van der Waals surface area contributed by atoms with Crippen molar-refractivity contribution in [3.63, 3.8) is 0 Å². The van der Waals surface area contributed by atoms with Crippen LogP contribution in [0.5, 0.6) is 5.75 Å². The van der Waals surface area contributed by atoms with Gasteiger partial charge in [-0.05, 0) is 36.6 Å². The number of hydrogen-bond acceptors (Lipinski definition) is 2. The summed E-state index contributed by atoms with van der Waals surface area (Å²) >= 11 is 0. The average Bonchev–Trinajstić information content (AvgIpc) is 2.10. The van der Waals surface area contributed by atoms with Crippen molar-refractivity contribution < 1.29 is 9.50 Å². The first-order valence-corrected chi connectivity index (χ1v) is 5.27. The van der Waals surface area contributed by atoms with Crippen molar-refractivity contribution in [1.82, 2.24) is 5.32 Å². The number of rotatable bonds is 5. The molecule has 2 N–H and O–H groups in total. The van der Waals surface area contributed by atoms with Crippen LogP contribution >= 0.6 is 0 Å². The molecule has 3 heteroatoms. The Morgan fingerprint density at radius 2 is 2.07 bits per heavy atom. The molecule has 0 aliphatic carbocycles. The summed E-state index contributed by atoms with van der Waals surface area (Å²) in [7, 11) is 0. The summed E-state index contributed by atoms with van der Waals surface area (Å²) in [6.07, 6.45) is 1.10. The SMILES string of the molecule is CC(C)CCNCc1cc(O)cc(F)c1. The molecule has 0 spiro atoms. The van der Waals surface area contributed by atoms with Crippen molar-refractivity contribution in [2.75, 3.05) is 6.54 Å². The lowest BCUT2D eigenvalue weighted by atomic mass is 10.1. The zero-order valence-corrected chi connectivity index (χ0v) is 9.26. The van der Waals surface area contributed by atoms with Gasteiger partial charge in [-0.2, -0.15) is 0 Å². The van der Waals surface area contributed by atoms with Crippen LogP contribution in [0, 0.1) is 11.7 Å². The van der Waals surface area contributed by atoms with E-state index in [0.29, 0.717) is 12.5 Å². The van der Waals surface area contributed by atoms with Crippen LogP contribution in [0.25, 0.3) is 0 Å². The molecule has 0 fully saturated rings. The largest absolute Gasteiger partial charge is 0.508 e. The minimum absolute atomic E-state index is 0.0179. The Balaban J connectivity index is 2.37. The molecule has 0 saturated carbocycles. The van der Waals surface area contributed by atoms with Crippen LogP contribution in [0.4, 0.5) is 4.39 Å². The highest BCUT2D eigenvalue weighted by Crippen LogP contribution is 2.14. The molecule has 0 atom stereocenters. The van der Waals surface area contributed by atoms with Crippen LogP contribution in [0.2, 0.25) is 0 Å². The Hall–Kier alpha value is -1.09. The van der Waals surface area contributed by atoms with Gasteiger partial charge < -0.3 is 10.4 Å². The van der Waals surface area contributed by atoms with E-state index in [0.717, 1.165) is 24.6 Å². The number of aromatic hydroxyl groups is 1. The average molecular weight is 211 g/mol. The van der Waals surface area contributed by atoms with Crippen LogP contribution in [0.1, 0.15) is 25.8 Å². The van der Waals surface area contributed by atoms with Crippen molar-refractivity contribution in [3.8, 4) is 5.75 Å². The van der Waals surface area contributed by atoms with Gasteiger partial charge in [-0.25, -0.2) is 4.39 Å². The molecular formula is C12H18FNO. The molecule has 1 aromatic rings. The van der Waals surface area contributed by atoms with Gasteiger partial charge in [-0.1, -0.05) is 13.8 Å². The zero-order valence-electron chi connectivity index (χ0n) is 9.26. The van der Waals surface area contributed by atoms with E-state index in [2.05, 4.69) is 19.2 Å². The first kappa shape index (κ1) is 12.0. The molecule has 15 heavy (non-hydrogen) atoms. The second kappa shape index (κ2) is 5.71. The summed E-state index contributed by atoms with van der Waals surface area (Å²) in [5.74, 6) is 0.254. The number of halogens is 1. The molecule has 2 nitrogen and oxygen atoms in total. The summed E-state index contributed by atoms with van der Waals surface area (Å²) in [5, 5.41) is 12.4. The normalized spacial score (nSPS) is 10.9. The lowest BCUT2D eigenvalue weighted by Gasteiger charge is -2.07. The highest BCUT2D eigenvalue weighted by Gasteiger charge is 1.99. The van der Waals surface area contributed by atoms with Crippen LogP contribution < -0.4 is 5.32 Å². The molecule has 84 valence electrons. The van der Waals surface area contributed by atoms with Gasteiger partial charge in [0, 0.05) is 12.6 Å². The van der Waals surface area contributed by atoms with Crippen LogP contribution in [-0.4, -0.2) is 11.7 Å². The van der Waals surface area contributed by atoms with Crippen molar-refractivity contribution >= 4 is 0 Å². The first-order valence-electron chi connectivity index (χ1n) is 5.27. The molecule has 1 aromatic carbocycles. The smallest absolute Gasteiger partial charge is 0.127 e. The van der Waals surface area contributed by atoms with Gasteiger partial charge in [0.15, 0.2) is 0 Å². The number of phenolic OH excluding ortho intramolecular Hbond substituents is 1. The highest BCUT2D eigenvalue weighted by atomic mass is 19.1. The van der Waals surface area contributed by atoms with Gasteiger partial charge in [0.25, 0.3) is 0 Å². The molecule has 0 heterocycles. The van der Waals surface area contributed by atoms with Crippen molar-refractivity contribution in [2.45, 2.75) is 26.8 Å². The maximum Gasteiger partial charge on any atom is 0.127 e. The second-order valence-electron chi connectivity index (χ2n) is 4.18. The summed E-state index contributed by atoms with van der Waals surface area (Å²) in [6, 6.07) is 4.12. The lowest BCUT2D eigenvalue weighted by Crippen LogP contribution is -2.16. The van der Waals surface area contributed by atoms with Gasteiger partial charge >= 0.3 is 0 Å². The third-order valence-electron chi connectivity index (χ3n) is 2.17. The Kier molecular flexibility index (Phi) is 4.56. The Labute approximate surface area is 90.1 Å². The quantitative estimate of drug-likeness (QED) is 0.734. The first-order chi connectivity index (χ1) is 7.08. The number of phenols is 1. The van der Waals surface area contributed by atoms with Gasteiger partial charge in [0.2, 0.25) is 0 Å². The highest BCUT2D eigenvalue weighted by molar-refractivity contribution is 5.28. The van der Waals surface area contributed by atoms with Crippen LogP contribution in [0.3, 0.4) is 0 Å². The molecular weight excluding hydrogens is 193 g/mol. The third kappa shape index (κ3) is 4.79. The predicted octanol–water partition coefficient (Wildman–Crippen LogP) is 2.67. The molecule has 0 unspecified atom stereocenters. The minimum Gasteiger partial charge on any atom is -0.508 e. The van der Waals surface area contributed by atoms with E-state index < -0.39 is 5.82 Å². The third-order valence-corrected chi connectivity index (χ3v) is 2.17. The summed E-state index contributed by atoms with van der Waals surface area (Å²) < 4.78 is 12.9. The summed E-state index contributed by atoms with van der Waals surface area (Å²) in [4.78, 5) is 0. The van der Waals surface area contributed by atoms with E-state index >= 15 is 0 Å². The molecule has 0 radical (unpaired) electrons. The Morgan fingerprint density at radius 3 is 2.67 bits per heavy atom. The zero-order chi connectivity index (χ0) is 11.3. The number of benzene rings is 1. The van der Waals surface area contributed by atoms with Crippen LogP contribution in [-0.2, 0) is 6.54 Å². The van der Waals surface area contributed by atoms with Crippen LogP contribution in [0.15, 0.2) is 18.2 Å². The molecule has 0 aliphatic rings. The van der Waals surface area contributed by atoms with Crippen molar-refractivity contribution in [3.05, 3.63) is 29.6 Å². The Morgan fingerprint density at radius 1 is 1.33 bits per heavy atom. The molecule has 1 rings (SSSR count). The fourth-order valence-corrected chi connectivity index (χ4v) is 1.36. The van der Waals surface area contributed by atoms with E-state index in [4.69, 9.17) is 0 Å². The topological polar surface area (TPSA) is 32.3 Å². The van der Waals surface area contributed by atoms with Crippen molar-refractivity contribution in [1.29, 1.82) is 0 Å². The van der Waals surface area contributed by atoms with Gasteiger partial charge in [-0.15, -0.1) is 0 Å². The second-order valence-corrected chi connectivity index (χ2v) is 4.18. The molecule has 0 bridgehead atoms. The molecule has 0 aromatic heterocycles. The van der Waals surface area contributed by atoms with E-state index in [1.165, 1.54) is 6.07 Å². The fourth-order valence-electron chi connectivity index (χ4n) is 1.36. The van der Waals surface area contributed by atoms with Gasteiger partial charge in [0.1, 0.15) is 11.6 Å². The fraction of sp³-hybridized carbons (Fsp3) is 0.500. The number of hydrogen-bond donors (Lipinski definition) is 2. The monoisotopic (exact) mass is 211 g/mol. The van der Waals surface area contributed by atoms with E-state index in [-0.39, 0.29) is 5.75 Å². The minimum atomic E-state index is -0.393. The van der Waals surface area contributed by atoms with Gasteiger partial charge in [0.05, 0.1) is 0 Å². The maximum absolute atomic E-state index is 12.9. The Bertz CT molecular complexity index is 292. The molecule has 0 aliphatic heterocycles. The molecule has 0 amide bonds. The van der Waals surface area contributed by atoms with E-state index in [1.54, 1.807) is 6.07 Å². The predicted molar refractivity (Wildman–Crippen MR) is 59.2 cm³/mol.